The first kappa shape index (κ1) is 15.0. The summed E-state index contributed by atoms with van der Waals surface area (Å²) in [6.07, 6.45) is 0. The van der Waals surface area contributed by atoms with Crippen LogP contribution in [0.25, 0.3) is 0 Å². The van der Waals surface area contributed by atoms with Crippen molar-refractivity contribution in [1.82, 2.24) is 0 Å². The monoisotopic (exact) mass is 329 g/mol. The molecule has 2 aromatic carbocycles. The minimum atomic E-state index is -0.325. The van der Waals surface area contributed by atoms with E-state index in [-0.39, 0.29) is 12.5 Å². The predicted molar refractivity (Wildman–Crippen MR) is 82.0 cm³/mol. The molecule has 0 spiro atoms. The molecule has 0 aliphatic rings. The van der Waals surface area contributed by atoms with Crippen molar-refractivity contribution in [1.29, 1.82) is 0 Å². The molecule has 0 atom stereocenters. The predicted octanol–water partition coefficient (Wildman–Crippen LogP) is 4.66. The van der Waals surface area contributed by atoms with E-state index in [1.165, 1.54) is 0 Å². The first-order chi connectivity index (χ1) is 9.54. The number of benzene rings is 2. The van der Waals surface area contributed by atoms with Crippen molar-refractivity contribution in [3.05, 3.63) is 57.5 Å². The van der Waals surface area contributed by atoms with Gasteiger partial charge in [0, 0.05) is 10.0 Å². The number of nitrogens with one attached hydrogen (secondary N) is 1. The molecule has 1 amide bonds. The summed E-state index contributed by atoms with van der Waals surface area (Å²) in [5.41, 5.74) is 0.534. The largest absolute Gasteiger partial charge is 0.484 e. The molecule has 0 unspecified atom stereocenters. The lowest BCUT2D eigenvalue weighted by Crippen LogP contribution is -2.20. The van der Waals surface area contributed by atoms with Gasteiger partial charge in [-0.2, -0.15) is 0 Å². The van der Waals surface area contributed by atoms with Gasteiger partial charge in [-0.05, 0) is 30.3 Å². The van der Waals surface area contributed by atoms with Crippen LogP contribution in [-0.2, 0) is 4.79 Å². The van der Waals surface area contributed by atoms with Gasteiger partial charge >= 0.3 is 0 Å². The molecule has 0 radical (unpaired) electrons. The van der Waals surface area contributed by atoms with Gasteiger partial charge in [0.1, 0.15) is 5.75 Å². The molecule has 0 aliphatic carbocycles. The van der Waals surface area contributed by atoms with Crippen LogP contribution in [0.5, 0.6) is 5.75 Å². The number of carbonyl (C=O) groups excluding carboxylic acids is 1. The second-order valence-corrected chi connectivity index (χ2v) is 5.20. The first-order valence-electron chi connectivity index (χ1n) is 5.68. The second-order valence-electron chi connectivity index (χ2n) is 3.92. The number of anilines is 1. The minimum absolute atomic E-state index is 0.165. The molecule has 0 saturated heterocycles. The average Bonchev–Trinajstić information content (AvgIpc) is 2.38. The summed E-state index contributed by atoms with van der Waals surface area (Å²) >= 11 is 17.6. The highest BCUT2D eigenvalue weighted by molar-refractivity contribution is 6.35. The first-order valence-corrected chi connectivity index (χ1v) is 6.81. The van der Waals surface area contributed by atoms with Gasteiger partial charge in [-0.15, -0.1) is 0 Å². The number of carbonyl (C=O) groups is 1. The Morgan fingerprint density at radius 3 is 2.35 bits per heavy atom. The number of para-hydroxylation sites is 1. The molecule has 0 fully saturated rings. The van der Waals surface area contributed by atoms with Crippen molar-refractivity contribution in [2.24, 2.45) is 0 Å². The molecule has 3 nitrogen and oxygen atoms in total. The van der Waals surface area contributed by atoms with Crippen molar-refractivity contribution in [3.63, 3.8) is 0 Å². The van der Waals surface area contributed by atoms with Crippen LogP contribution in [0.3, 0.4) is 0 Å². The highest BCUT2D eigenvalue weighted by atomic mass is 35.5. The molecule has 6 heteroatoms. The van der Waals surface area contributed by atoms with Crippen molar-refractivity contribution in [3.8, 4) is 5.75 Å². The zero-order chi connectivity index (χ0) is 14.5. The standard InChI is InChI=1S/C14H10Cl3NO2/c15-9-5-10(16)7-11(6-9)20-8-14(19)18-13-4-2-1-3-12(13)17/h1-7H,8H2,(H,18,19). The molecule has 1 N–H and O–H groups in total. The highest BCUT2D eigenvalue weighted by Gasteiger charge is 2.07. The number of halogens is 3. The van der Waals surface area contributed by atoms with Crippen LogP contribution in [-0.4, -0.2) is 12.5 Å². The third-order valence-corrected chi connectivity index (χ3v) is 3.12. The molecule has 20 heavy (non-hydrogen) atoms. The minimum Gasteiger partial charge on any atom is -0.484 e. The van der Waals surface area contributed by atoms with Crippen LogP contribution < -0.4 is 10.1 Å². The number of ether oxygens (including phenoxy) is 1. The fourth-order valence-electron chi connectivity index (χ4n) is 1.51. The van der Waals surface area contributed by atoms with Crippen LogP contribution in [0.15, 0.2) is 42.5 Å². The Balaban J connectivity index is 1.94. The summed E-state index contributed by atoms with van der Waals surface area (Å²) in [6.45, 7) is -0.165. The number of amides is 1. The summed E-state index contributed by atoms with van der Waals surface area (Å²) < 4.78 is 5.32. The van der Waals surface area contributed by atoms with Gasteiger partial charge in [0.25, 0.3) is 5.91 Å². The Bertz CT molecular complexity index is 611. The number of rotatable bonds is 4. The Labute approximate surface area is 131 Å². The molecule has 0 saturated carbocycles. The van der Waals surface area contributed by atoms with Gasteiger partial charge in [-0.1, -0.05) is 46.9 Å². The van der Waals surface area contributed by atoms with Gasteiger partial charge in [0.05, 0.1) is 10.7 Å². The SMILES string of the molecule is O=C(COc1cc(Cl)cc(Cl)c1)Nc1ccccc1Cl. The maximum absolute atomic E-state index is 11.7. The lowest BCUT2D eigenvalue weighted by Gasteiger charge is -2.09. The molecule has 104 valence electrons. The van der Waals surface area contributed by atoms with E-state index in [4.69, 9.17) is 39.5 Å². The summed E-state index contributed by atoms with van der Waals surface area (Å²) in [5.74, 6) is 0.103. The molecule has 0 aliphatic heterocycles. The summed E-state index contributed by atoms with van der Waals surface area (Å²) in [7, 11) is 0. The Morgan fingerprint density at radius 2 is 1.70 bits per heavy atom. The summed E-state index contributed by atoms with van der Waals surface area (Å²) in [5, 5.41) is 4.00. The van der Waals surface area contributed by atoms with Crippen molar-refractivity contribution in [2.45, 2.75) is 0 Å². The van der Waals surface area contributed by atoms with Gasteiger partial charge in [0.15, 0.2) is 6.61 Å². The van der Waals surface area contributed by atoms with E-state index in [1.807, 2.05) is 0 Å². The highest BCUT2D eigenvalue weighted by Crippen LogP contribution is 2.24. The van der Waals surface area contributed by atoms with Crippen LogP contribution in [0.4, 0.5) is 5.69 Å². The number of hydrogen-bond acceptors (Lipinski definition) is 2. The van der Waals surface area contributed by atoms with E-state index in [0.29, 0.717) is 26.5 Å². The Morgan fingerprint density at radius 1 is 1.05 bits per heavy atom. The molecule has 2 aromatic rings. The zero-order valence-electron chi connectivity index (χ0n) is 10.2. The van der Waals surface area contributed by atoms with Gasteiger partial charge < -0.3 is 10.1 Å². The molecule has 2 rings (SSSR count). The fraction of sp³-hybridized carbons (Fsp3) is 0.0714. The summed E-state index contributed by atoms with van der Waals surface area (Å²) in [4.78, 5) is 11.7. The Hall–Kier alpha value is -1.42. The van der Waals surface area contributed by atoms with E-state index in [1.54, 1.807) is 42.5 Å². The third-order valence-electron chi connectivity index (χ3n) is 2.35. The third kappa shape index (κ3) is 4.30. The van der Waals surface area contributed by atoms with Crippen LogP contribution in [0.2, 0.25) is 15.1 Å². The van der Waals surface area contributed by atoms with Crippen molar-refractivity contribution in [2.75, 3.05) is 11.9 Å². The molecule has 0 heterocycles. The fourth-order valence-corrected chi connectivity index (χ4v) is 2.20. The van der Waals surface area contributed by atoms with Gasteiger partial charge in [-0.3, -0.25) is 4.79 Å². The van der Waals surface area contributed by atoms with E-state index in [0.717, 1.165) is 0 Å². The topological polar surface area (TPSA) is 38.3 Å². The summed E-state index contributed by atoms with van der Waals surface area (Å²) in [6, 6.07) is 11.7. The van der Waals surface area contributed by atoms with Crippen molar-refractivity contribution < 1.29 is 9.53 Å². The second kappa shape index (κ2) is 6.84. The quantitative estimate of drug-likeness (QED) is 0.885. The van der Waals surface area contributed by atoms with Gasteiger partial charge in [-0.25, -0.2) is 0 Å². The molecular weight excluding hydrogens is 321 g/mol. The van der Waals surface area contributed by atoms with E-state index < -0.39 is 0 Å². The van der Waals surface area contributed by atoms with Gasteiger partial charge in [0.2, 0.25) is 0 Å². The normalized spacial score (nSPS) is 10.2. The molecular formula is C14H10Cl3NO2. The van der Waals surface area contributed by atoms with E-state index in [2.05, 4.69) is 5.32 Å². The molecule has 0 bridgehead atoms. The maximum Gasteiger partial charge on any atom is 0.262 e. The van der Waals surface area contributed by atoms with Crippen LogP contribution >= 0.6 is 34.8 Å². The smallest absolute Gasteiger partial charge is 0.262 e. The lowest BCUT2D eigenvalue weighted by molar-refractivity contribution is -0.118. The van der Waals surface area contributed by atoms with Crippen LogP contribution in [0, 0.1) is 0 Å². The van der Waals surface area contributed by atoms with Crippen molar-refractivity contribution >= 4 is 46.4 Å². The zero-order valence-corrected chi connectivity index (χ0v) is 12.5. The number of hydrogen-bond donors (Lipinski definition) is 1. The Kier molecular flexibility index (Phi) is 5.12. The lowest BCUT2D eigenvalue weighted by atomic mass is 10.3. The van der Waals surface area contributed by atoms with E-state index in [9.17, 15) is 4.79 Å². The maximum atomic E-state index is 11.7. The van der Waals surface area contributed by atoms with E-state index >= 15 is 0 Å². The molecule has 0 aromatic heterocycles. The van der Waals surface area contributed by atoms with Crippen LogP contribution in [0.1, 0.15) is 0 Å². The average molecular weight is 331 g/mol.